The quantitative estimate of drug-likeness (QED) is 0.124. The van der Waals surface area contributed by atoms with Gasteiger partial charge in [0.15, 0.2) is 0 Å². The molecule has 0 aliphatic heterocycles. The predicted molar refractivity (Wildman–Crippen MR) is 590 cm³/mol. The Morgan fingerprint density at radius 1 is 0.0929 bits per heavy atom. The Bertz CT molecular complexity index is 10000. The van der Waals surface area contributed by atoms with Crippen molar-refractivity contribution >= 4 is 174 Å². The summed E-state index contributed by atoms with van der Waals surface area (Å²) in [5.41, 5.74) is 36.0. The monoisotopic (exact) mass is 1780 g/mol. The zero-order valence-electron chi connectivity index (χ0n) is 76.2. The lowest BCUT2D eigenvalue weighted by atomic mass is 10.0. The molecule has 0 saturated carbocycles. The summed E-state index contributed by atoms with van der Waals surface area (Å²) in [6, 6.07) is 189. The second kappa shape index (κ2) is 32.5. The normalized spacial score (nSPS) is 11.9. The molecule has 30 aromatic rings. The Morgan fingerprint density at radius 3 is 0.693 bits per heavy atom. The lowest BCUT2D eigenvalue weighted by Crippen LogP contribution is -1.97. The first-order valence-electron chi connectivity index (χ1n) is 48.1. The second-order valence-corrected chi connectivity index (χ2v) is 36.5. The number of hydrogen-bond donors (Lipinski definition) is 0. The standard InChI is InChI=1S/C48H31N3.C42H27N3.C42H28N2/c1-3-13-34(14-4-1)50-42-20-10-7-17-37(42)39-28-25-33(31-46(39)50)32-23-26-36(27-24-32)49-44-22-12-9-19-41(44)47-45(49)30-29-40-38-18-8-11-21-43(38)51(48(40)47)35-15-5-2-6-16-35;1-3-13-28(14-4-1)43-38-22-12-9-19-35(38)41-39(43)26-25-34-32-18-8-11-21-37(32)45(42(34)41)30-23-24-33-31-17-7-10-20-36(31)44(40(33)27-30)29-15-5-2-6-16-29;1-3-13-29(14-4-1)31-17-11-19-33(27-31)43-37-23-9-7-21-35(37)41-39(43)25-26-40-42(41)36-22-8-10-24-38(36)44(40)34-20-12-18-32(28-34)30-15-5-2-6-16-30/h1-31H;1-27H;1-28H. The third-order valence-electron chi connectivity index (χ3n) is 28.9. The first-order valence-corrected chi connectivity index (χ1v) is 48.1. The molecule has 0 spiro atoms. The first-order chi connectivity index (χ1) is 69.5. The molecule has 0 aliphatic rings. The lowest BCUT2D eigenvalue weighted by Gasteiger charge is -2.12. The first kappa shape index (κ1) is 79.8. The molecule has 8 aromatic heterocycles. The largest absolute Gasteiger partial charge is 0.309 e. The van der Waals surface area contributed by atoms with E-state index in [1.807, 2.05) is 0 Å². The maximum absolute atomic E-state index is 2.49. The summed E-state index contributed by atoms with van der Waals surface area (Å²) < 4.78 is 19.4. The molecule has 8 heteroatoms. The molecular formula is C132H86N8. The number of benzene rings is 22. The number of nitrogens with zero attached hydrogens (tertiary/aromatic N) is 8. The summed E-state index contributed by atoms with van der Waals surface area (Å²) in [5.74, 6) is 0. The van der Waals surface area contributed by atoms with E-state index >= 15 is 0 Å². The van der Waals surface area contributed by atoms with Crippen LogP contribution in [-0.4, -0.2) is 36.5 Å². The SMILES string of the molecule is c1ccc(-c2cccc(-n3c4ccccc4c4c5c6ccccc6n(-c6cccc(-c7ccccc7)c6)c5ccc43)c2)cc1.c1ccc(-n2c3ccccc3c3ccc(-c4ccc(-n5c6ccccc6c6c5ccc5c7ccccc7n(-c7ccccc7)c56)cc4)cc32)cc1.c1ccc(-n2c3ccccc3c3ccc(-n4c5ccccc5c5ccc6c(c7ccccc7n6-c6ccccc6)c54)cc32)cc1. The van der Waals surface area contributed by atoms with Crippen LogP contribution in [0.25, 0.3) is 253 Å². The Morgan fingerprint density at radius 2 is 0.300 bits per heavy atom. The van der Waals surface area contributed by atoms with Gasteiger partial charge in [-0.15, -0.1) is 0 Å². The highest BCUT2D eigenvalue weighted by Crippen LogP contribution is 2.49. The average molecular weight is 1780 g/mol. The Hall–Kier alpha value is -18.8. The molecule has 0 saturated heterocycles. The van der Waals surface area contributed by atoms with Gasteiger partial charge in [-0.2, -0.15) is 0 Å². The number of aromatic nitrogens is 8. The van der Waals surface area contributed by atoms with Crippen LogP contribution in [0.5, 0.6) is 0 Å². The smallest absolute Gasteiger partial charge is 0.0641 e. The Kier molecular flexibility index (Phi) is 18.5. The van der Waals surface area contributed by atoms with Crippen molar-refractivity contribution in [2.75, 3.05) is 0 Å². The van der Waals surface area contributed by atoms with Crippen molar-refractivity contribution in [1.82, 2.24) is 36.5 Å². The maximum Gasteiger partial charge on any atom is 0.0641 e. The zero-order valence-corrected chi connectivity index (χ0v) is 76.2. The van der Waals surface area contributed by atoms with E-state index in [0.717, 1.165) is 28.4 Å². The molecule has 8 nitrogen and oxygen atoms in total. The number of rotatable bonds is 11. The summed E-state index contributed by atoms with van der Waals surface area (Å²) in [4.78, 5) is 0. The molecule has 30 rings (SSSR count). The molecule has 0 unspecified atom stereocenters. The van der Waals surface area contributed by atoms with Crippen LogP contribution in [0.1, 0.15) is 0 Å². The van der Waals surface area contributed by atoms with Crippen LogP contribution in [0.2, 0.25) is 0 Å². The van der Waals surface area contributed by atoms with Crippen LogP contribution in [-0.2, 0) is 0 Å². The van der Waals surface area contributed by atoms with E-state index < -0.39 is 0 Å². The second-order valence-electron chi connectivity index (χ2n) is 36.5. The van der Waals surface area contributed by atoms with E-state index in [2.05, 4.69) is 558 Å². The van der Waals surface area contributed by atoms with Crippen LogP contribution in [0.4, 0.5) is 0 Å². The predicted octanol–water partition coefficient (Wildman–Crippen LogP) is 34.8. The van der Waals surface area contributed by atoms with E-state index in [1.165, 1.54) is 225 Å². The minimum absolute atomic E-state index is 1.14. The maximum atomic E-state index is 2.49. The molecule has 140 heavy (non-hydrogen) atoms. The molecule has 8 heterocycles. The number of hydrogen-bond acceptors (Lipinski definition) is 0. The van der Waals surface area contributed by atoms with Gasteiger partial charge in [-0.1, -0.05) is 346 Å². The summed E-state index contributed by atoms with van der Waals surface area (Å²) >= 11 is 0. The Balaban J connectivity index is 0.000000103. The zero-order chi connectivity index (χ0) is 92.0. The summed E-state index contributed by atoms with van der Waals surface area (Å²) in [6.45, 7) is 0. The van der Waals surface area contributed by atoms with Gasteiger partial charge in [0.1, 0.15) is 0 Å². The van der Waals surface area contributed by atoms with Gasteiger partial charge in [-0.25, -0.2) is 0 Å². The molecule has 22 aromatic carbocycles. The molecule has 0 N–H and O–H groups in total. The minimum Gasteiger partial charge on any atom is -0.309 e. The van der Waals surface area contributed by atoms with Gasteiger partial charge >= 0.3 is 0 Å². The summed E-state index contributed by atoms with van der Waals surface area (Å²) in [7, 11) is 0. The van der Waals surface area contributed by atoms with Crippen molar-refractivity contribution in [2.24, 2.45) is 0 Å². The van der Waals surface area contributed by atoms with Gasteiger partial charge in [0.25, 0.3) is 0 Å². The van der Waals surface area contributed by atoms with Gasteiger partial charge < -0.3 is 36.5 Å². The molecular weight excluding hydrogens is 1700 g/mol. The molecule has 0 aliphatic carbocycles. The van der Waals surface area contributed by atoms with Crippen molar-refractivity contribution in [1.29, 1.82) is 0 Å². The number of para-hydroxylation sites is 12. The highest BCUT2D eigenvalue weighted by molar-refractivity contribution is 6.31. The molecule has 0 bridgehead atoms. The van der Waals surface area contributed by atoms with Crippen LogP contribution in [0.3, 0.4) is 0 Å². The highest BCUT2D eigenvalue weighted by Gasteiger charge is 2.27. The van der Waals surface area contributed by atoms with Gasteiger partial charge in [0.2, 0.25) is 0 Å². The van der Waals surface area contributed by atoms with E-state index in [1.54, 1.807) is 0 Å². The van der Waals surface area contributed by atoms with Crippen LogP contribution in [0.15, 0.2) is 522 Å². The van der Waals surface area contributed by atoms with E-state index in [-0.39, 0.29) is 0 Å². The fourth-order valence-electron chi connectivity index (χ4n) is 23.0. The van der Waals surface area contributed by atoms with Crippen molar-refractivity contribution in [3.8, 4) is 78.9 Å². The van der Waals surface area contributed by atoms with Gasteiger partial charge in [0.05, 0.1) is 88.3 Å². The molecule has 0 fully saturated rings. The van der Waals surface area contributed by atoms with Gasteiger partial charge in [0, 0.05) is 132 Å². The lowest BCUT2D eigenvalue weighted by molar-refractivity contribution is 1.16. The van der Waals surface area contributed by atoms with Crippen molar-refractivity contribution < 1.29 is 0 Å². The van der Waals surface area contributed by atoms with E-state index in [9.17, 15) is 0 Å². The summed E-state index contributed by atoms with van der Waals surface area (Å²) in [5, 5.41) is 20.3. The Labute approximate surface area is 805 Å². The topological polar surface area (TPSA) is 39.4 Å². The van der Waals surface area contributed by atoms with Gasteiger partial charge in [-0.3, -0.25) is 0 Å². The van der Waals surface area contributed by atoms with Crippen LogP contribution >= 0.6 is 0 Å². The van der Waals surface area contributed by atoms with E-state index in [0.29, 0.717) is 0 Å². The third kappa shape index (κ3) is 12.6. The molecule has 654 valence electrons. The van der Waals surface area contributed by atoms with Crippen LogP contribution < -0.4 is 0 Å². The van der Waals surface area contributed by atoms with Crippen molar-refractivity contribution in [3.05, 3.63) is 522 Å². The average Bonchev–Trinajstić information content (AvgIpc) is 1.26. The summed E-state index contributed by atoms with van der Waals surface area (Å²) in [6.07, 6.45) is 0. The minimum atomic E-state index is 1.14. The fraction of sp³-hybridized carbons (Fsp3) is 0. The molecule has 0 atom stereocenters. The van der Waals surface area contributed by atoms with Crippen LogP contribution in [0, 0.1) is 0 Å². The molecule has 0 amide bonds. The third-order valence-corrected chi connectivity index (χ3v) is 28.9. The van der Waals surface area contributed by atoms with Crippen molar-refractivity contribution in [2.45, 2.75) is 0 Å². The fourth-order valence-corrected chi connectivity index (χ4v) is 23.0. The molecule has 0 radical (unpaired) electrons. The van der Waals surface area contributed by atoms with Crippen molar-refractivity contribution in [3.63, 3.8) is 0 Å². The van der Waals surface area contributed by atoms with E-state index in [4.69, 9.17) is 0 Å². The number of fused-ring (bicyclic) bond motifs is 27. The highest BCUT2D eigenvalue weighted by atomic mass is 15.1. The van der Waals surface area contributed by atoms with Gasteiger partial charge in [-0.05, 0) is 209 Å².